The molecule has 0 radical (unpaired) electrons. The first-order chi connectivity index (χ1) is 10.9. The van der Waals surface area contributed by atoms with Crippen molar-refractivity contribution in [2.24, 2.45) is 10.9 Å². The Hall–Kier alpha value is -1.30. The zero-order valence-corrected chi connectivity index (χ0v) is 15.4. The molecular weight excluding hydrogens is 292 g/mol. The molecular formula is C17H34N4O2. The first kappa shape index (κ1) is 19.7. The van der Waals surface area contributed by atoms with Crippen LogP contribution in [-0.2, 0) is 9.53 Å². The molecule has 0 amide bonds. The lowest BCUT2D eigenvalue weighted by Crippen LogP contribution is -2.48. The van der Waals surface area contributed by atoms with Crippen LogP contribution in [0.2, 0.25) is 0 Å². The Morgan fingerprint density at radius 2 is 1.83 bits per heavy atom. The molecule has 0 saturated heterocycles. The quantitative estimate of drug-likeness (QED) is 0.300. The van der Waals surface area contributed by atoms with Gasteiger partial charge in [-0.3, -0.25) is 9.79 Å². The fourth-order valence-electron chi connectivity index (χ4n) is 2.74. The number of ether oxygens (including phenoxy) is 1. The van der Waals surface area contributed by atoms with E-state index in [0.29, 0.717) is 12.6 Å². The second-order valence-corrected chi connectivity index (χ2v) is 7.12. The molecule has 1 aliphatic rings. The summed E-state index contributed by atoms with van der Waals surface area (Å²) in [5.41, 5.74) is 0.129. The highest BCUT2D eigenvalue weighted by Gasteiger charge is 2.27. The summed E-state index contributed by atoms with van der Waals surface area (Å²) in [6.45, 7) is 10.5. The monoisotopic (exact) mass is 326 g/mol. The standard InChI is InChI=1S/C17H34N4O2/c1-6-23-15(22)13-7-9-14(10-8-13)21-16(18-5)19-11-12-20-17(2,3)4/h13-14,20H,6-12H2,1-5H3,(H2,18,19,21). The van der Waals surface area contributed by atoms with Crippen LogP contribution in [0.25, 0.3) is 0 Å². The Bertz CT molecular complexity index is 383. The van der Waals surface area contributed by atoms with Crippen LogP contribution in [-0.4, -0.2) is 50.3 Å². The Morgan fingerprint density at radius 3 is 2.35 bits per heavy atom. The second kappa shape index (κ2) is 9.75. The number of rotatable bonds is 6. The van der Waals surface area contributed by atoms with Crippen molar-refractivity contribution in [2.45, 2.75) is 65.0 Å². The molecule has 0 unspecified atom stereocenters. The number of aliphatic imine (C=N–C) groups is 1. The molecule has 0 aromatic rings. The van der Waals surface area contributed by atoms with Gasteiger partial charge in [0.1, 0.15) is 0 Å². The average molecular weight is 326 g/mol. The highest BCUT2D eigenvalue weighted by atomic mass is 16.5. The van der Waals surface area contributed by atoms with Crippen molar-refractivity contribution in [1.82, 2.24) is 16.0 Å². The molecule has 3 N–H and O–H groups in total. The Labute approximate surface area is 140 Å². The van der Waals surface area contributed by atoms with Crippen LogP contribution in [0.5, 0.6) is 0 Å². The van der Waals surface area contributed by atoms with Crippen molar-refractivity contribution in [3.05, 3.63) is 0 Å². The third kappa shape index (κ3) is 8.21. The lowest BCUT2D eigenvalue weighted by atomic mass is 9.86. The highest BCUT2D eigenvalue weighted by molar-refractivity contribution is 5.80. The van der Waals surface area contributed by atoms with E-state index < -0.39 is 0 Å². The highest BCUT2D eigenvalue weighted by Crippen LogP contribution is 2.25. The zero-order valence-electron chi connectivity index (χ0n) is 15.4. The second-order valence-electron chi connectivity index (χ2n) is 7.12. The predicted molar refractivity (Wildman–Crippen MR) is 94.6 cm³/mol. The number of hydrogen-bond donors (Lipinski definition) is 3. The van der Waals surface area contributed by atoms with Crippen LogP contribution in [0.1, 0.15) is 53.4 Å². The van der Waals surface area contributed by atoms with Crippen molar-refractivity contribution in [2.75, 3.05) is 26.7 Å². The van der Waals surface area contributed by atoms with Crippen molar-refractivity contribution in [3.63, 3.8) is 0 Å². The van der Waals surface area contributed by atoms with Crippen molar-refractivity contribution < 1.29 is 9.53 Å². The van der Waals surface area contributed by atoms with E-state index in [9.17, 15) is 4.79 Å². The van der Waals surface area contributed by atoms with E-state index in [1.807, 2.05) is 6.92 Å². The Balaban J connectivity index is 2.26. The maximum Gasteiger partial charge on any atom is 0.308 e. The van der Waals surface area contributed by atoms with Gasteiger partial charge in [-0.1, -0.05) is 0 Å². The van der Waals surface area contributed by atoms with Gasteiger partial charge >= 0.3 is 5.97 Å². The lowest BCUT2D eigenvalue weighted by molar-refractivity contribution is -0.149. The molecule has 0 bridgehead atoms. The van der Waals surface area contributed by atoms with Gasteiger partial charge in [0, 0.05) is 31.7 Å². The van der Waals surface area contributed by atoms with E-state index >= 15 is 0 Å². The third-order valence-corrected chi connectivity index (χ3v) is 3.98. The summed E-state index contributed by atoms with van der Waals surface area (Å²) in [6.07, 6.45) is 3.73. The van der Waals surface area contributed by atoms with E-state index in [4.69, 9.17) is 4.74 Å². The van der Waals surface area contributed by atoms with E-state index in [1.54, 1.807) is 7.05 Å². The van der Waals surface area contributed by atoms with E-state index in [0.717, 1.165) is 44.7 Å². The van der Waals surface area contributed by atoms with Gasteiger partial charge in [0.2, 0.25) is 0 Å². The molecule has 0 aromatic carbocycles. The smallest absolute Gasteiger partial charge is 0.308 e. The van der Waals surface area contributed by atoms with Gasteiger partial charge in [0.05, 0.1) is 12.5 Å². The van der Waals surface area contributed by atoms with Gasteiger partial charge in [-0.05, 0) is 53.4 Å². The summed E-state index contributed by atoms with van der Waals surface area (Å²) in [4.78, 5) is 16.0. The Kier molecular flexibility index (Phi) is 8.37. The van der Waals surface area contributed by atoms with Crippen LogP contribution in [0, 0.1) is 5.92 Å². The molecule has 0 spiro atoms. The first-order valence-corrected chi connectivity index (χ1v) is 8.74. The number of guanidine groups is 1. The summed E-state index contributed by atoms with van der Waals surface area (Å²) < 4.78 is 5.11. The lowest BCUT2D eigenvalue weighted by Gasteiger charge is -2.29. The van der Waals surface area contributed by atoms with E-state index in [1.165, 1.54) is 0 Å². The van der Waals surface area contributed by atoms with Crippen LogP contribution in [0.15, 0.2) is 4.99 Å². The molecule has 23 heavy (non-hydrogen) atoms. The Morgan fingerprint density at radius 1 is 1.17 bits per heavy atom. The number of nitrogens with one attached hydrogen (secondary N) is 3. The van der Waals surface area contributed by atoms with Crippen LogP contribution < -0.4 is 16.0 Å². The summed E-state index contributed by atoms with van der Waals surface area (Å²) in [5, 5.41) is 10.2. The number of nitrogens with zero attached hydrogens (tertiary/aromatic N) is 1. The van der Waals surface area contributed by atoms with E-state index in [-0.39, 0.29) is 17.4 Å². The molecule has 1 rings (SSSR count). The predicted octanol–water partition coefficient (Wildman–Crippen LogP) is 1.66. The summed E-state index contributed by atoms with van der Waals surface area (Å²) in [5.74, 6) is 0.862. The molecule has 6 nitrogen and oxygen atoms in total. The van der Waals surface area contributed by atoms with Gasteiger partial charge in [-0.15, -0.1) is 0 Å². The van der Waals surface area contributed by atoms with Gasteiger partial charge in [0.25, 0.3) is 0 Å². The molecule has 134 valence electrons. The largest absolute Gasteiger partial charge is 0.466 e. The maximum atomic E-state index is 11.8. The molecule has 1 fully saturated rings. The normalized spacial score (nSPS) is 22.6. The summed E-state index contributed by atoms with van der Waals surface area (Å²) >= 11 is 0. The van der Waals surface area contributed by atoms with E-state index in [2.05, 4.69) is 41.7 Å². The van der Waals surface area contributed by atoms with Crippen molar-refractivity contribution in [1.29, 1.82) is 0 Å². The van der Waals surface area contributed by atoms with Gasteiger partial charge in [-0.2, -0.15) is 0 Å². The molecule has 0 aliphatic heterocycles. The van der Waals surface area contributed by atoms with Crippen molar-refractivity contribution >= 4 is 11.9 Å². The first-order valence-electron chi connectivity index (χ1n) is 8.74. The van der Waals surface area contributed by atoms with Crippen molar-refractivity contribution in [3.8, 4) is 0 Å². The SMILES string of the molecule is CCOC(=O)C1CCC(NC(=NC)NCCNC(C)(C)C)CC1. The maximum absolute atomic E-state index is 11.8. The topological polar surface area (TPSA) is 74.8 Å². The fraction of sp³-hybridized carbons (Fsp3) is 0.882. The minimum absolute atomic E-state index is 0.0401. The van der Waals surface area contributed by atoms with Crippen LogP contribution in [0.4, 0.5) is 0 Å². The van der Waals surface area contributed by atoms with Crippen LogP contribution in [0.3, 0.4) is 0 Å². The zero-order chi connectivity index (χ0) is 17.3. The number of carbonyl (C=O) groups excluding carboxylic acids is 1. The molecule has 1 saturated carbocycles. The number of hydrogen-bond acceptors (Lipinski definition) is 4. The number of carbonyl (C=O) groups is 1. The summed E-state index contributed by atoms with van der Waals surface area (Å²) in [6, 6.07) is 0.377. The molecule has 6 heteroatoms. The minimum atomic E-state index is -0.0401. The minimum Gasteiger partial charge on any atom is -0.466 e. The van der Waals surface area contributed by atoms with Gasteiger partial charge in [-0.25, -0.2) is 0 Å². The number of esters is 1. The fourth-order valence-corrected chi connectivity index (χ4v) is 2.74. The van der Waals surface area contributed by atoms with Crippen LogP contribution >= 0.6 is 0 Å². The van der Waals surface area contributed by atoms with Gasteiger partial charge in [0.15, 0.2) is 5.96 Å². The molecule has 0 atom stereocenters. The average Bonchev–Trinajstić information content (AvgIpc) is 2.50. The molecule has 1 aliphatic carbocycles. The molecule has 0 aromatic heterocycles. The third-order valence-electron chi connectivity index (χ3n) is 3.98. The summed E-state index contributed by atoms with van der Waals surface area (Å²) in [7, 11) is 1.79. The van der Waals surface area contributed by atoms with Gasteiger partial charge < -0.3 is 20.7 Å². The molecule has 0 heterocycles.